The first-order chi connectivity index (χ1) is 7.81. The van der Waals surface area contributed by atoms with Crippen LogP contribution in [-0.2, 0) is 0 Å². The Hall–Kier alpha value is -2.10. The smallest absolute Gasteiger partial charge is 0.272 e. The molecule has 0 bridgehead atoms. The minimum atomic E-state index is -0.144. The number of nitrogens with zero attached hydrogens (tertiary/aromatic N) is 1. The van der Waals surface area contributed by atoms with E-state index in [-0.39, 0.29) is 5.91 Å². The van der Waals surface area contributed by atoms with Crippen LogP contribution in [-0.4, -0.2) is 16.6 Å². The Balaban J connectivity index is 2.43. The van der Waals surface area contributed by atoms with Crippen molar-refractivity contribution >= 4 is 22.5 Å². The van der Waals surface area contributed by atoms with Crippen molar-refractivity contribution < 1.29 is 4.79 Å². The van der Waals surface area contributed by atoms with Gasteiger partial charge >= 0.3 is 0 Å². The molecule has 0 saturated carbocycles. The van der Waals surface area contributed by atoms with Gasteiger partial charge in [-0.05, 0) is 18.6 Å². The largest absolute Gasteiger partial charge is 0.360 e. The van der Waals surface area contributed by atoms with Gasteiger partial charge in [-0.1, -0.05) is 13.0 Å². The average molecular weight is 213 g/mol. The van der Waals surface area contributed by atoms with Crippen LogP contribution in [0.15, 0.2) is 29.5 Å². The number of nitrogens with one attached hydrogen (secondary N) is 2. The Kier molecular flexibility index (Phi) is 1.83. The van der Waals surface area contributed by atoms with Crippen LogP contribution in [0.1, 0.15) is 29.3 Å². The summed E-state index contributed by atoms with van der Waals surface area (Å²) in [6.45, 7) is 2.03. The van der Waals surface area contributed by atoms with E-state index in [9.17, 15) is 4.79 Å². The Labute approximate surface area is 92.4 Å². The topological polar surface area (TPSA) is 57.2 Å². The molecule has 1 aromatic carbocycles. The van der Waals surface area contributed by atoms with Crippen LogP contribution < -0.4 is 5.43 Å². The summed E-state index contributed by atoms with van der Waals surface area (Å²) in [7, 11) is 0. The Bertz CT molecular complexity index is 610. The number of carbonyl (C=O) groups is 1. The molecule has 0 radical (unpaired) electrons. The molecule has 1 amide bonds. The van der Waals surface area contributed by atoms with Gasteiger partial charge in [-0.2, -0.15) is 5.10 Å². The first kappa shape index (κ1) is 9.15. The molecule has 2 N–H and O–H groups in total. The molecule has 80 valence electrons. The number of aromatic nitrogens is 1. The quantitative estimate of drug-likeness (QED) is 0.748. The van der Waals surface area contributed by atoms with E-state index in [4.69, 9.17) is 0 Å². The summed E-state index contributed by atoms with van der Waals surface area (Å²) < 4.78 is 0. The molecular weight excluding hydrogens is 202 g/mol. The van der Waals surface area contributed by atoms with Crippen LogP contribution in [0.3, 0.4) is 0 Å². The summed E-state index contributed by atoms with van der Waals surface area (Å²) in [5.74, 6) is -0.144. The monoisotopic (exact) mass is 213 g/mol. The van der Waals surface area contributed by atoms with Gasteiger partial charge in [0.25, 0.3) is 5.91 Å². The van der Waals surface area contributed by atoms with Crippen molar-refractivity contribution in [3.05, 3.63) is 35.5 Å². The molecule has 1 aromatic heterocycles. The zero-order valence-corrected chi connectivity index (χ0v) is 8.87. The van der Waals surface area contributed by atoms with Crippen LogP contribution in [0.5, 0.6) is 0 Å². The van der Waals surface area contributed by atoms with Gasteiger partial charge in [0.2, 0.25) is 0 Å². The summed E-state index contributed by atoms with van der Waals surface area (Å²) >= 11 is 0. The average Bonchev–Trinajstić information content (AvgIpc) is 2.67. The van der Waals surface area contributed by atoms with Crippen LogP contribution >= 0.6 is 0 Å². The summed E-state index contributed by atoms with van der Waals surface area (Å²) in [5, 5.41) is 5.10. The van der Waals surface area contributed by atoms with Gasteiger partial charge in [0.05, 0.1) is 11.3 Å². The zero-order valence-electron chi connectivity index (χ0n) is 8.87. The van der Waals surface area contributed by atoms with Crippen molar-refractivity contribution in [1.29, 1.82) is 0 Å². The van der Waals surface area contributed by atoms with Crippen molar-refractivity contribution in [2.75, 3.05) is 0 Å². The van der Waals surface area contributed by atoms with Crippen LogP contribution in [0, 0.1) is 0 Å². The highest BCUT2D eigenvalue weighted by atomic mass is 16.2. The molecule has 0 atom stereocenters. The number of rotatable bonds is 1. The van der Waals surface area contributed by atoms with Gasteiger partial charge in [0, 0.05) is 22.7 Å². The maximum atomic E-state index is 11.8. The highest BCUT2D eigenvalue weighted by Gasteiger charge is 2.19. The third kappa shape index (κ3) is 1.10. The minimum absolute atomic E-state index is 0.144. The lowest BCUT2D eigenvalue weighted by Crippen LogP contribution is -2.17. The third-order valence-corrected chi connectivity index (χ3v) is 2.89. The SMILES string of the molecule is CCC1=NNC(=O)c2cccc3[nH]cc1c23. The summed E-state index contributed by atoms with van der Waals surface area (Å²) in [6, 6.07) is 5.66. The summed E-state index contributed by atoms with van der Waals surface area (Å²) in [6.07, 6.45) is 2.71. The molecule has 0 spiro atoms. The molecule has 4 nitrogen and oxygen atoms in total. The van der Waals surface area contributed by atoms with E-state index in [2.05, 4.69) is 15.5 Å². The van der Waals surface area contributed by atoms with Crippen molar-refractivity contribution in [3.63, 3.8) is 0 Å². The molecular formula is C12H11N3O. The zero-order chi connectivity index (χ0) is 11.1. The summed E-state index contributed by atoms with van der Waals surface area (Å²) in [5.41, 5.74) is 6.16. The van der Waals surface area contributed by atoms with Gasteiger partial charge in [0.15, 0.2) is 0 Å². The molecule has 0 fully saturated rings. The van der Waals surface area contributed by atoms with Crippen molar-refractivity contribution in [2.45, 2.75) is 13.3 Å². The second kappa shape index (κ2) is 3.20. The maximum Gasteiger partial charge on any atom is 0.272 e. The summed E-state index contributed by atoms with van der Waals surface area (Å²) in [4.78, 5) is 15.0. The lowest BCUT2D eigenvalue weighted by atomic mass is 10.0. The molecule has 1 aliphatic rings. The molecule has 16 heavy (non-hydrogen) atoms. The Morgan fingerprint density at radius 3 is 3.00 bits per heavy atom. The number of carbonyl (C=O) groups excluding carboxylic acids is 1. The van der Waals surface area contributed by atoms with E-state index in [0.717, 1.165) is 28.6 Å². The fourth-order valence-electron chi connectivity index (χ4n) is 2.11. The molecule has 3 rings (SSSR count). The number of aromatic amines is 1. The van der Waals surface area contributed by atoms with E-state index in [1.165, 1.54) is 0 Å². The van der Waals surface area contributed by atoms with Crippen LogP contribution in [0.2, 0.25) is 0 Å². The second-order valence-corrected chi connectivity index (χ2v) is 3.78. The lowest BCUT2D eigenvalue weighted by Gasteiger charge is -1.99. The molecule has 0 aliphatic carbocycles. The fraction of sp³-hybridized carbons (Fsp3) is 0.167. The van der Waals surface area contributed by atoms with E-state index in [0.29, 0.717) is 5.56 Å². The highest BCUT2D eigenvalue weighted by Crippen LogP contribution is 2.25. The standard InChI is InChI=1S/C12H11N3O/c1-2-9-8-6-13-10-5-3-4-7(11(8)10)12(16)15-14-9/h3-6,13H,2H2,1H3,(H,15,16). The fourth-order valence-corrected chi connectivity index (χ4v) is 2.11. The molecule has 2 aromatic rings. The van der Waals surface area contributed by atoms with Gasteiger partial charge in [0.1, 0.15) is 0 Å². The van der Waals surface area contributed by atoms with Crippen LogP contribution in [0.4, 0.5) is 0 Å². The number of benzene rings is 1. The lowest BCUT2D eigenvalue weighted by molar-refractivity contribution is 0.0957. The maximum absolute atomic E-state index is 11.8. The van der Waals surface area contributed by atoms with Crippen molar-refractivity contribution in [3.8, 4) is 0 Å². The van der Waals surface area contributed by atoms with Gasteiger partial charge < -0.3 is 4.98 Å². The number of hydrogen-bond acceptors (Lipinski definition) is 2. The van der Waals surface area contributed by atoms with Crippen molar-refractivity contribution in [1.82, 2.24) is 10.4 Å². The molecule has 1 aliphatic heterocycles. The molecule has 0 saturated heterocycles. The predicted octanol–water partition coefficient (Wildman–Crippen LogP) is 2.03. The second-order valence-electron chi connectivity index (χ2n) is 3.78. The first-order valence-corrected chi connectivity index (χ1v) is 5.28. The third-order valence-electron chi connectivity index (χ3n) is 2.89. The Morgan fingerprint density at radius 1 is 1.31 bits per heavy atom. The number of H-pyrrole nitrogens is 1. The number of hydrazone groups is 1. The highest BCUT2D eigenvalue weighted by molar-refractivity contribution is 6.19. The van der Waals surface area contributed by atoms with E-state index in [1.807, 2.05) is 31.3 Å². The number of amides is 1. The van der Waals surface area contributed by atoms with E-state index < -0.39 is 0 Å². The molecule has 2 heterocycles. The molecule has 4 heteroatoms. The van der Waals surface area contributed by atoms with Gasteiger partial charge in [-0.25, -0.2) is 5.43 Å². The predicted molar refractivity (Wildman–Crippen MR) is 62.6 cm³/mol. The van der Waals surface area contributed by atoms with Gasteiger partial charge in [-0.3, -0.25) is 4.79 Å². The molecule has 0 unspecified atom stereocenters. The number of hydrogen-bond donors (Lipinski definition) is 2. The normalized spacial score (nSPS) is 14.6. The van der Waals surface area contributed by atoms with E-state index >= 15 is 0 Å². The van der Waals surface area contributed by atoms with Gasteiger partial charge in [-0.15, -0.1) is 0 Å². The van der Waals surface area contributed by atoms with Crippen LogP contribution in [0.25, 0.3) is 10.9 Å². The first-order valence-electron chi connectivity index (χ1n) is 5.28. The minimum Gasteiger partial charge on any atom is -0.360 e. The van der Waals surface area contributed by atoms with E-state index in [1.54, 1.807) is 0 Å². The van der Waals surface area contributed by atoms with Crippen molar-refractivity contribution in [2.24, 2.45) is 5.10 Å². The Morgan fingerprint density at radius 2 is 2.19 bits per heavy atom.